The van der Waals surface area contributed by atoms with Crippen molar-refractivity contribution in [2.75, 3.05) is 0 Å². The Kier molecular flexibility index (Phi) is 3.91. The van der Waals surface area contributed by atoms with Gasteiger partial charge in [-0.3, -0.25) is 0 Å². The molecule has 0 saturated carbocycles. The summed E-state index contributed by atoms with van der Waals surface area (Å²) in [5.74, 6) is 1.36. The van der Waals surface area contributed by atoms with Gasteiger partial charge < -0.3 is 0 Å². The fourth-order valence-electron chi connectivity index (χ4n) is 1.12. The summed E-state index contributed by atoms with van der Waals surface area (Å²) in [6.45, 7) is 8.91. The maximum Gasteiger partial charge on any atom is 0.0928 e. The highest BCUT2D eigenvalue weighted by atomic mass is 32.1. The van der Waals surface area contributed by atoms with Crippen molar-refractivity contribution in [1.29, 1.82) is 0 Å². The molecule has 0 aliphatic carbocycles. The minimum Gasteiger partial charge on any atom is -0.246 e. The van der Waals surface area contributed by atoms with Crippen LogP contribution in [0.3, 0.4) is 0 Å². The molecule has 0 radical (unpaired) electrons. The normalized spacial score (nSPS) is 11.5. The Labute approximate surface area is 85.2 Å². The second kappa shape index (κ2) is 4.75. The zero-order chi connectivity index (χ0) is 9.84. The van der Waals surface area contributed by atoms with Crippen LogP contribution in [0.4, 0.5) is 0 Å². The maximum absolute atomic E-state index is 4.60. The highest BCUT2D eigenvalue weighted by Gasteiger charge is 2.05. The Balaban J connectivity index is 2.49. The second-order valence-electron chi connectivity index (χ2n) is 4.25. The van der Waals surface area contributed by atoms with E-state index in [1.165, 1.54) is 17.1 Å². The molecule has 0 aliphatic heterocycles. The molecule has 0 atom stereocenters. The first-order valence-corrected chi connectivity index (χ1v) is 5.92. The monoisotopic (exact) mass is 197 g/mol. The van der Waals surface area contributed by atoms with Crippen LogP contribution in [0.15, 0.2) is 5.38 Å². The minimum absolute atomic E-state index is 0.573. The first-order valence-electron chi connectivity index (χ1n) is 5.04. The van der Waals surface area contributed by atoms with E-state index in [0.717, 1.165) is 12.3 Å². The van der Waals surface area contributed by atoms with Crippen LogP contribution in [0, 0.1) is 5.92 Å². The summed E-state index contributed by atoms with van der Waals surface area (Å²) >= 11 is 1.81. The summed E-state index contributed by atoms with van der Waals surface area (Å²) < 4.78 is 0. The van der Waals surface area contributed by atoms with Gasteiger partial charge in [0.2, 0.25) is 0 Å². The van der Waals surface area contributed by atoms with Crippen LogP contribution < -0.4 is 0 Å². The van der Waals surface area contributed by atoms with Gasteiger partial charge in [-0.25, -0.2) is 4.98 Å². The average Bonchev–Trinajstić information content (AvgIpc) is 2.48. The summed E-state index contributed by atoms with van der Waals surface area (Å²) in [6, 6.07) is 0. The molecule has 13 heavy (non-hydrogen) atoms. The first-order chi connectivity index (χ1) is 6.09. The second-order valence-corrected chi connectivity index (χ2v) is 5.20. The number of hydrogen-bond donors (Lipinski definition) is 0. The fourth-order valence-corrected chi connectivity index (χ4v) is 2.09. The molecule has 0 saturated heterocycles. The number of rotatable bonds is 4. The van der Waals surface area contributed by atoms with Crippen molar-refractivity contribution in [2.24, 2.45) is 5.92 Å². The number of aromatic nitrogens is 1. The molecule has 1 aromatic heterocycles. The van der Waals surface area contributed by atoms with Crippen molar-refractivity contribution < 1.29 is 0 Å². The van der Waals surface area contributed by atoms with Crippen LogP contribution in [0.25, 0.3) is 0 Å². The van der Waals surface area contributed by atoms with Crippen LogP contribution in [0.2, 0.25) is 0 Å². The van der Waals surface area contributed by atoms with Gasteiger partial charge in [-0.2, -0.15) is 0 Å². The van der Waals surface area contributed by atoms with Crippen molar-refractivity contribution in [3.63, 3.8) is 0 Å². The summed E-state index contributed by atoms with van der Waals surface area (Å²) in [5.41, 5.74) is 1.25. The Bertz CT molecular complexity index is 250. The maximum atomic E-state index is 4.60. The lowest BCUT2D eigenvalue weighted by molar-refractivity contribution is 0.584. The largest absolute Gasteiger partial charge is 0.246 e. The van der Waals surface area contributed by atoms with Crippen LogP contribution >= 0.6 is 11.3 Å². The van der Waals surface area contributed by atoms with E-state index in [9.17, 15) is 0 Å². The summed E-state index contributed by atoms with van der Waals surface area (Å²) in [5, 5.41) is 3.50. The molecule has 74 valence electrons. The third kappa shape index (κ3) is 3.47. The van der Waals surface area contributed by atoms with Crippen LogP contribution in [0.5, 0.6) is 0 Å². The molecule has 0 N–H and O–H groups in total. The molecule has 0 amide bonds. The quantitative estimate of drug-likeness (QED) is 0.714. The molecular weight excluding hydrogens is 178 g/mol. The fraction of sp³-hybridized carbons (Fsp3) is 0.727. The van der Waals surface area contributed by atoms with Crippen LogP contribution in [-0.4, -0.2) is 4.98 Å². The van der Waals surface area contributed by atoms with Crippen molar-refractivity contribution >= 4 is 11.3 Å². The lowest BCUT2D eigenvalue weighted by Gasteiger charge is -2.01. The number of thiazole rings is 1. The molecule has 0 unspecified atom stereocenters. The van der Waals surface area contributed by atoms with Crippen molar-refractivity contribution in [1.82, 2.24) is 4.98 Å². The van der Waals surface area contributed by atoms with E-state index in [-0.39, 0.29) is 0 Å². The molecule has 0 aromatic carbocycles. The van der Waals surface area contributed by atoms with E-state index in [2.05, 4.69) is 38.1 Å². The van der Waals surface area contributed by atoms with E-state index in [1.807, 2.05) is 11.3 Å². The number of hydrogen-bond acceptors (Lipinski definition) is 2. The van der Waals surface area contributed by atoms with Gasteiger partial charge in [0.1, 0.15) is 0 Å². The van der Waals surface area contributed by atoms with E-state index in [1.54, 1.807) is 0 Å². The zero-order valence-electron chi connectivity index (χ0n) is 9.00. The lowest BCUT2D eigenvalue weighted by Crippen LogP contribution is -1.93. The van der Waals surface area contributed by atoms with Gasteiger partial charge in [0, 0.05) is 5.38 Å². The summed E-state index contributed by atoms with van der Waals surface area (Å²) in [7, 11) is 0. The zero-order valence-corrected chi connectivity index (χ0v) is 9.82. The molecule has 1 nitrogen and oxygen atoms in total. The standard InChI is InChI=1S/C11H19NS/c1-8(2)5-6-11-12-10(7-13-11)9(3)4/h7-9H,5-6H2,1-4H3. The lowest BCUT2D eigenvalue weighted by atomic mass is 10.1. The highest BCUT2D eigenvalue weighted by Crippen LogP contribution is 2.19. The topological polar surface area (TPSA) is 12.9 Å². The van der Waals surface area contributed by atoms with Gasteiger partial charge in [0.25, 0.3) is 0 Å². The molecule has 1 heterocycles. The van der Waals surface area contributed by atoms with E-state index < -0.39 is 0 Å². The molecule has 0 bridgehead atoms. The SMILES string of the molecule is CC(C)CCc1nc(C(C)C)cs1. The van der Waals surface area contributed by atoms with Crippen LogP contribution in [0.1, 0.15) is 50.7 Å². The minimum atomic E-state index is 0.573. The van der Waals surface area contributed by atoms with Crippen molar-refractivity contribution in [3.8, 4) is 0 Å². The Morgan fingerprint density at radius 2 is 2.00 bits per heavy atom. The Morgan fingerprint density at radius 3 is 2.46 bits per heavy atom. The molecule has 0 aliphatic rings. The van der Waals surface area contributed by atoms with Crippen LogP contribution in [-0.2, 0) is 6.42 Å². The predicted octanol–water partition coefficient (Wildman–Crippen LogP) is 3.86. The molecule has 1 rings (SSSR count). The molecule has 0 fully saturated rings. The van der Waals surface area contributed by atoms with Gasteiger partial charge in [-0.15, -0.1) is 11.3 Å². The van der Waals surface area contributed by atoms with Gasteiger partial charge in [0.15, 0.2) is 0 Å². The average molecular weight is 197 g/mol. The van der Waals surface area contributed by atoms with Gasteiger partial charge in [-0.05, 0) is 24.7 Å². The Morgan fingerprint density at radius 1 is 1.31 bits per heavy atom. The van der Waals surface area contributed by atoms with E-state index in [4.69, 9.17) is 0 Å². The Hall–Kier alpha value is -0.370. The van der Waals surface area contributed by atoms with Gasteiger partial charge >= 0.3 is 0 Å². The molecule has 0 spiro atoms. The van der Waals surface area contributed by atoms with Gasteiger partial charge in [-0.1, -0.05) is 27.7 Å². The third-order valence-corrected chi connectivity index (χ3v) is 3.02. The summed E-state index contributed by atoms with van der Waals surface area (Å²) in [6.07, 6.45) is 2.40. The third-order valence-electron chi connectivity index (χ3n) is 2.10. The van der Waals surface area contributed by atoms with E-state index >= 15 is 0 Å². The number of aryl methyl sites for hydroxylation is 1. The number of nitrogens with zero attached hydrogens (tertiary/aromatic N) is 1. The van der Waals surface area contributed by atoms with E-state index in [0.29, 0.717) is 5.92 Å². The van der Waals surface area contributed by atoms with Gasteiger partial charge in [0.05, 0.1) is 10.7 Å². The van der Waals surface area contributed by atoms with Crippen molar-refractivity contribution in [2.45, 2.75) is 46.5 Å². The highest BCUT2D eigenvalue weighted by molar-refractivity contribution is 7.09. The first kappa shape index (κ1) is 10.7. The molecule has 2 heteroatoms. The molecular formula is C11H19NS. The summed E-state index contributed by atoms with van der Waals surface area (Å²) in [4.78, 5) is 4.60. The molecule has 1 aromatic rings. The van der Waals surface area contributed by atoms with Crippen molar-refractivity contribution in [3.05, 3.63) is 16.1 Å². The predicted molar refractivity (Wildman–Crippen MR) is 59.4 cm³/mol. The smallest absolute Gasteiger partial charge is 0.0928 e.